The van der Waals surface area contributed by atoms with Crippen molar-refractivity contribution in [1.29, 1.82) is 0 Å². The molecule has 0 aromatic heterocycles. The zero-order valence-electron chi connectivity index (χ0n) is 10.7. The molecule has 0 saturated heterocycles. The van der Waals surface area contributed by atoms with Crippen molar-refractivity contribution < 1.29 is 13.2 Å². The Morgan fingerprint density at radius 1 is 1.25 bits per heavy atom. The first-order valence-corrected chi connectivity index (χ1v) is 7.80. The van der Waals surface area contributed by atoms with Crippen LogP contribution in [0.25, 0.3) is 0 Å². The topological polar surface area (TPSA) is 55.4 Å². The lowest BCUT2D eigenvalue weighted by Crippen LogP contribution is -2.39. The quantitative estimate of drug-likeness (QED) is 0.593. The molecule has 0 bridgehead atoms. The Balaban J connectivity index is 4.08. The highest BCUT2D eigenvalue weighted by Gasteiger charge is 2.17. The van der Waals surface area contributed by atoms with Gasteiger partial charge in [-0.05, 0) is 13.0 Å². The molecule has 1 N–H and O–H groups in total. The number of hydrogen-bond acceptors (Lipinski definition) is 4. The first-order valence-electron chi connectivity index (χ1n) is 5.98. The molecule has 0 saturated carbocycles. The summed E-state index contributed by atoms with van der Waals surface area (Å²) in [6.45, 7) is 5.24. The summed E-state index contributed by atoms with van der Waals surface area (Å²) in [6.07, 6.45) is 2.80. The zero-order valence-corrected chi connectivity index (χ0v) is 11.5. The number of nitrogens with one attached hydrogen (secondary N) is 1. The lowest BCUT2D eigenvalue weighted by atomic mass is 10.3. The molecular weight excluding hydrogens is 226 g/mol. The molecule has 1 atom stereocenters. The molecule has 0 aromatic carbocycles. The van der Waals surface area contributed by atoms with Gasteiger partial charge in [0.25, 0.3) is 0 Å². The Kier molecular flexibility index (Phi) is 8.89. The molecule has 0 heterocycles. The molecule has 0 radical (unpaired) electrons. The summed E-state index contributed by atoms with van der Waals surface area (Å²) in [6, 6.07) is -0.0818. The van der Waals surface area contributed by atoms with Crippen LogP contribution < -0.4 is 5.32 Å². The van der Waals surface area contributed by atoms with E-state index in [2.05, 4.69) is 12.2 Å². The van der Waals surface area contributed by atoms with Gasteiger partial charge in [-0.25, -0.2) is 8.42 Å². The van der Waals surface area contributed by atoms with Crippen molar-refractivity contribution in [3.8, 4) is 0 Å². The number of rotatable bonds is 10. The summed E-state index contributed by atoms with van der Waals surface area (Å²) < 4.78 is 28.5. The fourth-order valence-electron chi connectivity index (χ4n) is 1.62. The van der Waals surface area contributed by atoms with Crippen LogP contribution in [0.1, 0.15) is 33.1 Å². The molecule has 16 heavy (non-hydrogen) atoms. The van der Waals surface area contributed by atoms with Gasteiger partial charge < -0.3 is 10.1 Å². The van der Waals surface area contributed by atoms with Crippen LogP contribution in [-0.4, -0.2) is 46.2 Å². The largest absolute Gasteiger partial charge is 0.383 e. The maximum absolute atomic E-state index is 11.8. The number of ether oxygens (including phenoxy) is 1. The first-order chi connectivity index (χ1) is 7.55. The summed E-state index contributed by atoms with van der Waals surface area (Å²) in [7, 11) is -1.35. The van der Waals surface area contributed by atoms with E-state index in [0.717, 1.165) is 25.8 Å². The molecule has 0 aromatic rings. The molecule has 5 heteroatoms. The second-order valence-electron chi connectivity index (χ2n) is 4.03. The molecule has 0 fully saturated rings. The molecule has 1 unspecified atom stereocenters. The Hall–Kier alpha value is -0.130. The van der Waals surface area contributed by atoms with Crippen molar-refractivity contribution in [3.05, 3.63) is 0 Å². The van der Waals surface area contributed by atoms with E-state index in [0.29, 0.717) is 12.4 Å². The van der Waals surface area contributed by atoms with Crippen LogP contribution in [0, 0.1) is 0 Å². The van der Waals surface area contributed by atoms with Gasteiger partial charge in [-0.3, -0.25) is 0 Å². The number of hydrogen-bond donors (Lipinski definition) is 1. The molecule has 4 nitrogen and oxygen atoms in total. The Labute approximate surface area is 99.7 Å². The molecule has 98 valence electrons. The summed E-state index contributed by atoms with van der Waals surface area (Å²) in [5, 5.41) is 3.13. The van der Waals surface area contributed by atoms with Crippen LogP contribution in [0.2, 0.25) is 0 Å². The zero-order chi connectivity index (χ0) is 12.4. The third kappa shape index (κ3) is 8.07. The fourth-order valence-corrected chi connectivity index (χ4v) is 3.26. The van der Waals surface area contributed by atoms with Gasteiger partial charge >= 0.3 is 0 Å². The van der Waals surface area contributed by atoms with Crippen molar-refractivity contribution in [1.82, 2.24) is 5.32 Å². The smallest absolute Gasteiger partial charge is 0.151 e. The Morgan fingerprint density at radius 3 is 2.44 bits per heavy atom. The van der Waals surface area contributed by atoms with Crippen molar-refractivity contribution >= 4 is 9.84 Å². The average Bonchev–Trinajstić information content (AvgIpc) is 2.18. The molecular formula is C11H25NO3S. The minimum Gasteiger partial charge on any atom is -0.383 e. The Bertz CT molecular complexity index is 246. The molecule has 0 aliphatic heterocycles. The second-order valence-corrected chi connectivity index (χ2v) is 6.26. The lowest BCUT2D eigenvalue weighted by Gasteiger charge is -2.16. The SMILES string of the molecule is CCCCCS(=O)(=O)CC(COC)NCC. The molecule has 0 amide bonds. The first kappa shape index (κ1) is 15.9. The van der Waals surface area contributed by atoms with Crippen molar-refractivity contribution in [2.75, 3.05) is 31.8 Å². The van der Waals surface area contributed by atoms with E-state index >= 15 is 0 Å². The second kappa shape index (κ2) is 8.96. The average molecular weight is 251 g/mol. The van der Waals surface area contributed by atoms with Gasteiger partial charge in [0.2, 0.25) is 0 Å². The fraction of sp³-hybridized carbons (Fsp3) is 1.00. The highest BCUT2D eigenvalue weighted by atomic mass is 32.2. The maximum atomic E-state index is 11.8. The van der Waals surface area contributed by atoms with E-state index in [1.165, 1.54) is 0 Å². The molecule has 0 spiro atoms. The number of unbranched alkanes of at least 4 members (excludes halogenated alkanes) is 2. The number of methoxy groups -OCH3 is 1. The van der Waals surface area contributed by atoms with Crippen LogP contribution in [0.4, 0.5) is 0 Å². The molecule has 0 aliphatic carbocycles. The van der Waals surface area contributed by atoms with Gasteiger partial charge in [0.15, 0.2) is 9.84 Å². The Morgan fingerprint density at radius 2 is 1.94 bits per heavy atom. The summed E-state index contributed by atoms with van der Waals surface area (Å²) >= 11 is 0. The van der Waals surface area contributed by atoms with Gasteiger partial charge in [-0.15, -0.1) is 0 Å². The highest BCUT2D eigenvalue weighted by Crippen LogP contribution is 2.02. The van der Waals surface area contributed by atoms with Gasteiger partial charge in [0.1, 0.15) is 0 Å². The van der Waals surface area contributed by atoms with Crippen LogP contribution >= 0.6 is 0 Å². The summed E-state index contributed by atoms with van der Waals surface area (Å²) in [5.74, 6) is 0.477. The van der Waals surface area contributed by atoms with Crippen LogP contribution in [0.15, 0.2) is 0 Å². The number of likely N-dealkylation sites (N-methyl/N-ethyl adjacent to an activating group) is 1. The van der Waals surface area contributed by atoms with E-state index in [4.69, 9.17) is 4.74 Å². The lowest BCUT2D eigenvalue weighted by molar-refractivity contribution is 0.174. The standard InChI is InChI=1S/C11H25NO3S/c1-4-6-7-8-16(13,14)10-11(9-15-3)12-5-2/h11-12H,4-10H2,1-3H3. The van der Waals surface area contributed by atoms with E-state index in [1.807, 2.05) is 6.92 Å². The highest BCUT2D eigenvalue weighted by molar-refractivity contribution is 7.91. The van der Waals surface area contributed by atoms with Gasteiger partial charge in [-0.2, -0.15) is 0 Å². The third-order valence-corrected chi connectivity index (χ3v) is 4.20. The van der Waals surface area contributed by atoms with E-state index in [9.17, 15) is 8.42 Å². The van der Waals surface area contributed by atoms with Gasteiger partial charge in [0.05, 0.1) is 18.1 Å². The van der Waals surface area contributed by atoms with E-state index in [-0.39, 0.29) is 11.8 Å². The van der Waals surface area contributed by atoms with Crippen molar-refractivity contribution in [2.45, 2.75) is 39.2 Å². The van der Waals surface area contributed by atoms with Crippen LogP contribution in [-0.2, 0) is 14.6 Å². The molecule has 0 rings (SSSR count). The number of sulfone groups is 1. The third-order valence-electron chi connectivity index (χ3n) is 2.37. The monoisotopic (exact) mass is 251 g/mol. The predicted octanol–water partition coefficient (Wildman–Crippen LogP) is 1.22. The van der Waals surface area contributed by atoms with E-state index in [1.54, 1.807) is 7.11 Å². The normalized spacial score (nSPS) is 13.9. The van der Waals surface area contributed by atoms with Crippen molar-refractivity contribution in [3.63, 3.8) is 0 Å². The predicted molar refractivity (Wildman–Crippen MR) is 67.5 cm³/mol. The minimum atomic E-state index is -2.94. The van der Waals surface area contributed by atoms with Crippen LogP contribution in [0.3, 0.4) is 0 Å². The summed E-state index contributed by atoms with van der Waals surface area (Å²) in [4.78, 5) is 0. The van der Waals surface area contributed by atoms with Crippen molar-refractivity contribution in [2.24, 2.45) is 0 Å². The maximum Gasteiger partial charge on any atom is 0.151 e. The summed E-state index contributed by atoms with van der Waals surface area (Å²) in [5.41, 5.74) is 0. The van der Waals surface area contributed by atoms with Gasteiger partial charge in [0, 0.05) is 13.2 Å². The van der Waals surface area contributed by atoms with Gasteiger partial charge in [-0.1, -0.05) is 26.7 Å². The van der Waals surface area contributed by atoms with Crippen LogP contribution in [0.5, 0.6) is 0 Å². The minimum absolute atomic E-state index is 0.0818. The van der Waals surface area contributed by atoms with E-state index < -0.39 is 9.84 Å². The molecule has 0 aliphatic rings.